The van der Waals surface area contributed by atoms with Crippen LogP contribution in [-0.4, -0.2) is 71.2 Å². The number of hydrogen-bond donors (Lipinski definition) is 2. The summed E-state index contributed by atoms with van der Waals surface area (Å²) in [5, 5.41) is 6.79. The molecule has 2 heterocycles. The number of ether oxygens (including phenoxy) is 2. The molecule has 10 heteroatoms. The van der Waals surface area contributed by atoms with Crippen LogP contribution in [0.25, 0.3) is 0 Å². The number of nitrogens with one attached hydrogen (secondary N) is 2. The first-order chi connectivity index (χ1) is 17.9. The maximum Gasteiger partial charge on any atom is 0.229 e. The van der Waals surface area contributed by atoms with E-state index >= 15 is 0 Å². The van der Waals surface area contributed by atoms with Gasteiger partial charge in [0, 0.05) is 68.0 Å². The van der Waals surface area contributed by atoms with Gasteiger partial charge in [-0.25, -0.2) is 9.97 Å². The van der Waals surface area contributed by atoms with Gasteiger partial charge >= 0.3 is 0 Å². The molecule has 9 nitrogen and oxygen atoms in total. The first-order valence-electron chi connectivity index (χ1n) is 12.1. The molecule has 0 radical (unpaired) electrons. The van der Waals surface area contributed by atoms with Crippen LogP contribution in [0.15, 0.2) is 59.6 Å². The number of guanidine groups is 1. The minimum atomic E-state index is 0.300. The van der Waals surface area contributed by atoms with E-state index in [1.54, 1.807) is 20.3 Å². The summed E-state index contributed by atoms with van der Waals surface area (Å²) in [7, 11) is 3.22. The van der Waals surface area contributed by atoms with Crippen molar-refractivity contribution in [3.63, 3.8) is 0 Å². The minimum Gasteiger partial charge on any atom is -0.497 e. The number of nitrogens with zero attached hydrogens (tertiary/aromatic N) is 5. The second-order valence-corrected chi connectivity index (χ2v) is 9.20. The van der Waals surface area contributed by atoms with Crippen molar-refractivity contribution in [1.82, 2.24) is 19.8 Å². The number of thiocarbonyl (C=S) groups is 1. The molecular formula is C27H33N7O2S. The lowest BCUT2D eigenvalue weighted by Gasteiger charge is -2.36. The van der Waals surface area contributed by atoms with Crippen LogP contribution in [0.3, 0.4) is 0 Å². The number of benzene rings is 2. The summed E-state index contributed by atoms with van der Waals surface area (Å²) in [5.41, 5.74) is 3.79. The zero-order valence-corrected chi connectivity index (χ0v) is 22.5. The molecule has 194 valence electrons. The lowest BCUT2D eigenvalue weighted by Crippen LogP contribution is -2.50. The smallest absolute Gasteiger partial charge is 0.229 e. The molecule has 1 fully saturated rings. The van der Waals surface area contributed by atoms with E-state index in [2.05, 4.69) is 54.7 Å². The van der Waals surface area contributed by atoms with Crippen molar-refractivity contribution in [1.29, 1.82) is 0 Å². The van der Waals surface area contributed by atoms with Crippen molar-refractivity contribution >= 4 is 34.9 Å². The number of anilines is 2. The van der Waals surface area contributed by atoms with Crippen LogP contribution in [0, 0.1) is 13.8 Å². The molecule has 0 amide bonds. The topological polar surface area (TPSA) is 87.1 Å². The van der Waals surface area contributed by atoms with Gasteiger partial charge in [-0.15, -0.1) is 0 Å². The van der Waals surface area contributed by atoms with Gasteiger partial charge in [0.05, 0.1) is 14.2 Å². The summed E-state index contributed by atoms with van der Waals surface area (Å²) in [6.45, 7) is 8.19. The molecule has 0 atom stereocenters. The minimum absolute atomic E-state index is 0.300. The zero-order chi connectivity index (χ0) is 26.2. The maximum absolute atomic E-state index is 5.62. The van der Waals surface area contributed by atoms with Crippen LogP contribution in [0.1, 0.15) is 17.0 Å². The Bertz CT molecular complexity index is 1200. The van der Waals surface area contributed by atoms with Gasteiger partial charge in [-0.2, -0.15) is 4.99 Å². The SMILES string of the molecule is COc1cc(NC(=S)/N=C(\Nc2nc(C)cc(C)n2)N2CCN(Cc3ccccc3)CC2)cc(OC)c1. The molecule has 0 saturated carbocycles. The van der Waals surface area contributed by atoms with Crippen LogP contribution in [0.5, 0.6) is 11.5 Å². The average Bonchev–Trinajstić information content (AvgIpc) is 2.88. The summed E-state index contributed by atoms with van der Waals surface area (Å²) >= 11 is 5.62. The van der Waals surface area contributed by atoms with Crippen molar-refractivity contribution in [3.8, 4) is 11.5 Å². The predicted molar refractivity (Wildman–Crippen MR) is 152 cm³/mol. The number of aliphatic imine (C=N–C) groups is 1. The maximum atomic E-state index is 5.62. The Kier molecular flexibility index (Phi) is 8.86. The van der Waals surface area contributed by atoms with Crippen molar-refractivity contribution in [2.24, 2.45) is 4.99 Å². The highest BCUT2D eigenvalue weighted by Crippen LogP contribution is 2.26. The highest BCUT2D eigenvalue weighted by Gasteiger charge is 2.21. The molecular weight excluding hydrogens is 486 g/mol. The van der Waals surface area contributed by atoms with E-state index in [1.165, 1.54) is 5.56 Å². The third-order valence-electron chi connectivity index (χ3n) is 5.94. The molecule has 0 spiro atoms. The molecule has 0 unspecified atom stereocenters. The Morgan fingerprint density at radius 1 is 0.892 bits per heavy atom. The Morgan fingerprint density at radius 3 is 2.11 bits per heavy atom. The largest absolute Gasteiger partial charge is 0.497 e. The monoisotopic (exact) mass is 519 g/mol. The second kappa shape index (κ2) is 12.5. The Morgan fingerprint density at radius 2 is 1.51 bits per heavy atom. The highest BCUT2D eigenvalue weighted by molar-refractivity contribution is 7.80. The molecule has 2 N–H and O–H groups in total. The summed E-state index contributed by atoms with van der Waals surface area (Å²) in [6, 6.07) is 17.9. The number of hydrogen-bond acceptors (Lipinski definition) is 6. The van der Waals surface area contributed by atoms with Crippen LogP contribution in [0.2, 0.25) is 0 Å². The number of aryl methyl sites for hydroxylation is 2. The van der Waals surface area contributed by atoms with Crippen LogP contribution < -0.4 is 20.1 Å². The van der Waals surface area contributed by atoms with Crippen molar-refractivity contribution in [3.05, 3.63) is 71.5 Å². The second-order valence-electron chi connectivity index (χ2n) is 8.82. The van der Waals surface area contributed by atoms with E-state index in [1.807, 2.05) is 38.1 Å². The molecule has 0 bridgehead atoms. The highest BCUT2D eigenvalue weighted by atomic mass is 32.1. The summed E-state index contributed by atoms with van der Waals surface area (Å²) in [6.07, 6.45) is 0. The quantitative estimate of drug-likeness (QED) is 0.284. The van der Waals surface area contributed by atoms with Gasteiger partial charge in [-0.05, 0) is 37.7 Å². The zero-order valence-electron chi connectivity index (χ0n) is 21.7. The third kappa shape index (κ3) is 7.61. The van der Waals surface area contributed by atoms with Gasteiger partial charge in [0.25, 0.3) is 0 Å². The van der Waals surface area contributed by atoms with Gasteiger partial charge in [0.1, 0.15) is 11.5 Å². The van der Waals surface area contributed by atoms with Crippen LogP contribution >= 0.6 is 12.2 Å². The van der Waals surface area contributed by atoms with E-state index in [9.17, 15) is 0 Å². The first-order valence-corrected chi connectivity index (χ1v) is 12.6. The average molecular weight is 520 g/mol. The van der Waals surface area contributed by atoms with Crippen molar-refractivity contribution in [2.75, 3.05) is 51.0 Å². The van der Waals surface area contributed by atoms with E-state index in [0.29, 0.717) is 28.5 Å². The first kappa shape index (κ1) is 26.3. The normalized spacial score (nSPS) is 14.3. The molecule has 2 aromatic carbocycles. The van der Waals surface area contributed by atoms with Crippen LogP contribution in [0.4, 0.5) is 11.6 Å². The molecule has 1 aliphatic rings. The number of piperazine rings is 1. The van der Waals surface area contributed by atoms with E-state index in [-0.39, 0.29) is 0 Å². The molecule has 0 aliphatic carbocycles. The third-order valence-corrected chi connectivity index (χ3v) is 6.13. The fourth-order valence-corrected chi connectivity index (χ4v) is 4.35. The summed E-state index contributed by atoms with van der Waals surface area (Å²) in [4.78, 5) is 18.4. The van der Waals surface area contributed by atoms with Crippen molar-refractivity contribution < 1.29 is 9.47 Å². The van der Waals surface area contributed by atoms with Crippen molar-refractivity contribution in [2.45, 2.75) is 20.4 Å². The Labute approximate surface area is 223 Å². The predicted octanol–water partition coefficient (Wildman–Crippen LogP) is 4.09. The van der Waals surface area contributed by atoms with Gasteiger partial charge in [0.15, 0.2) is 0 Å². The number of methoxy groups -OCH3 is 2. The molecule has 3 aromatic rings. The summed E-state index contributed by atoms with van der Waals surface area (Å²) < 4.78 is 10.7. The standard InChI is InChI=1S/C27H33N7O2S/c1-19-14-20(2)29-25(28-19)31-26(32-27(37)30-22-15-23(35-3)17-24(16-22)36-4)34-12-10-33(11-13-34)18-21-8-6-5-7-9-21/h5-9,14-17H,10-13,18H2,1-4H3,(H2,28,29,30,31,32,37). The Hall–Kier alpha value is -3.76. The van der Waals surface area contributed by atoms with Gasteiger partial charge in [-0.3, -0.25) is 10.2 Å². The molecule has 1 aliphatic heterocycles. The van der Waals surface area contributed by atoms with Gasteiger partial charge in [-0.1, -0.05) is 30.3 Å². The van der Waals surface area contributed by atoms with E-state index in [0.717, 1.165) is 49.8 Å². The molecule has 4 rings (SSSR count). The van der Waals surface area contributed by atoms with Gasteiger partial charge < -0.3 is 19.7 Å². The van der Waals surface area contributed by atoms with Crippen LogP contribution in [-0.2, 0) is 6.54 Å². The fraction of sp³-hybridized carbons (Fsp3) is 0.333. The van der Waals surface area contributed by atoms with E-state index in [4.69, 9.17) is 26.7 Å². The number of rotatable bonds is 6. The molecule has 37 heavy (non-hydrogen) atoms. The van der Waals surface area contributed by atoms with E-state index < -0.39 is 0 Å². The molecule has 1 aromatic heterocycles. The fourth-order valence-electron chi connectivity index (χ4n) is 4.15. The summed E-state index contributed by atoms with van der Waals surface area (Å²) in [5.74, 6) is 2.42. The lowest BCUT2D eigenvalue weighted by atomic mass is 10.2. The number of aromatic nitrogens is 2. The Balaban J connectivity index is 1.51. The lowest BCUT2D eigenvalue weighted by molar-refractivity contribution is 0.175. The van der Waals surface area contributed by atoms with Gasteiger partial charge in [0.2, 0.25) is 17.0 Å². The molecule has 1 saturated heterocycles.